The lowest BCUT2D eigenvalue weighted by Crippen LogP contribution is -2.43. The van der Waals surface area contributed by atoms with E-state index in [4.69, 9.17) is 0 Å². The Labute approximate surface area is 107 Å². The maximum Gasteiger partial charge on any atom is 0.314 e. The van der Waals surface area contributed by atoms with Crippen LogP contribution in [0.25, 0.3) is 0 Å². The molecule has 0 bridgehead atoms. The van der Waals surface area contributed by atoms with Crippen LogP contribution in [0.4, 0.5) is 5.69 Å². The molecule has 3 nitrogen and oxygen atoms in total. The molecule has 1 heterocycles. The number of benzene rings is 1. The third kappa shape index (κ3) is 1.46. The van der Waals surface area contributed by atoms with Crippen molar-refractivity contribution in [1.82, 2.24) is 0 Å². The maximum atomic E-state index is 11.7. The van der Waals surface area contributed by atoms with E-state index < -0.39 is 11.4 Å². The molecule has 1 aliphatic heterocycles. The van der Waals surface area contributed by atoms with Crippen molar-refractivity contribution in [3.63, 3.8) is 0 Å². The second-order valence-electron chi connectivity index (χ2n) is 5.57. The summed E-state index contributed by atoms with van der Waals surface area (Å²) in [6.45, 7) is 1.07. The van der Waals surface area contributed by atoms with Crippen molar-refractivity contribution in [2.45, 2.75) is 37.5 Å². The molecule has 1 N–H and O–H groups in total. The van der Waals surface area contributed by atoms with Crippen molar-refractivity contribution in [3.05, 3.63) is 29.3 Å². The molecule has 0 atom stereocenters. The third-order valence-electron chi connectivity index (χ3n) is 4.61. The summed E-state index contributed by atoms with van der Waals surface area (Å²) in [5.74, 6) is -0.643. The summed E-state index contributed by atoms with van der Waals surface area (Å²) in [5, 5.41) is 9.59. The zero-order valence-corrected chi connectivity index (χ0v) is 10.8. The molecule has 1 saturated carbocycles. The normalized spacial score (nSPS) is 21.1. The summed E-state index contributed by atoms with van der Waals surface area (Å²) in [7, 11) is 2.09. The first-order valence-corrected chi connectivity index (χ1v) is 6.72. The number of anilines is 1. The summed E-state index contributed by atoms with van der Waals surface area (Å²) >= 11 is 0. The van der Waals surface area contributed by atoms with Crippen molar-refractivity contribution in [3.8, 4) is 0 Å². The van der Waals surface area contributed by atoms with Crippen molar-refractivity contribution in [1.29, 1.82) is 0 Å². The van der Waals surface area contributed by atoms with E-state index in [1.54, 1.807) is 0 Å². The number of carbonyl (C=O) groups is 1. The highest BCUT2D eigenvalue weighted by molar-refractivity contribution is 5.84. The smallest absolute Gasteiger partial charge is 0.314 e. The van der Waals surface area contributed by atoms with Crippen LogP contribution in [-0.2, 0) is 16.6 Å². The SMILES string of the molecule is CN1CCCc2c1cccc2C1(C(=O)O)CCC1. The molecule has 0 saturated heterocycles. The molecule has 1 aromatic carbocycles. The van der Waals surface area contributed by atoms with E-state index >= 15 is 0 Å². The van der Waals surface area contributed by atoms with Gasteiger partial charge in [-0.3, -0.25) is 4.79 Å². The molecule has 0 unspecified atom stereocenters. The van der Waals surface area contributed by atoms with Gasteiger partial charge in [0.2, 0.25) is 0 Å². The van der Waals surface area contributed by atoms with Crippen LogP contribution in [0.2, 0.25) is 0 Å². The molecule has 0 spiro atoms. The van der Waals surface area contributed by atoms with Crippen molar-refractivity contribution < 1.29 is 9.90 Å². The number of hydrogen-bond acceptors (Lipinski definition) is 2. The zero-order valence-electron chi connectivity index (χ0n) is 10.8. The van der Waals surface area contributed by atoms with Crippen LogP contribution in [0.15, 0.2) is 18.2 Å². The first kappa shape index (κ1) is 11.6. The van der Waals surface area contributed by atoms with Gasteiger partial charge in [-0.1, -0.05) is 18.6 Å². The summed E-state index contributed by atoms with van der Waals surface area (Å²) in [4.78, 5) is 13.9. The minimum absolute atomic E-state index is 0.594. The quantitative estimate of drug-likeness (QED) is 0.870. The third-order valence-corrected chi connectivity index (χ3v) is 4.61. The topological polar surface area (TPSA) is 40.5 Å². The van der Waals surface area contributed by atoms with Gasteiger partial charge in [0.1, 0.15) is 0 Å². The van der Waals surface area contributed by atoms with Gasteiger partial charge in [0, 0.05) is 19.3 Å². The molecule has 0 radical (unpaired) electrons. The standard InChI is InChI=1S/C15H19NO2/c1-16-10-3-5-11-12(6-2-7-13(11)16)15(14(17)18)8-4-9-15/h2,6-7H,3-5,8-10H2,1H3,(H,17,18). The Kier molecular flexibility index (Phi) is 2.58. The second kappa shape index (κ2) is 4.01. The summed E-state index contributed by atoms with van der Waals surface area (Å²) in [6, 6.07) is 6.16. The van der Waals surface area contributed by atoms with Crippen molar-refractivity contribution in [2.24, 2.45) is 0 Å². The largest absolute Gasteiger partial charge is 0.481 e. The Balaban J connectivity index is 2.13. The predicted octanol–water partition coefficient (Wildman–Crippen LogP) is 2.58. The minimum atomic E-state index is -0.643. The average Bonchev–Trinajstić information content (AvgIpc) is 2.28. The number of nitrogens with zero attached hydrogens (tertiary/aromatic N) is 1. The first-order chi connectivity index (χ1) is 8.65. The lowest BCUT2D eigenvalue weighted by molar-refractivity contribution is -0.147. The van der Waals surface area contributed by atoms with Crippen LogP contribution in [0.3, 0.4) is 0 Å². The number of rotatable bonds is 2. The zero-order chi connectivity index (χ0) is 12.8. The Morgan fingerprint density at radius 2 is 2.11 bits per heavy atom. The fourth-order valence-corrected chi connectivity index (χ4v) is 3.39. The van der Waals surface area contributed by atoms with Crippen molar-refractivity contribution >= 4 is 11.7 Å². The minimum Gasteiger partial charge on any atom is -0.481 e. The molecule has 1 fully saturated rings. The van der Waals surface area contributed by atoms with Gasteiger partial charge >= 0.3 is 5.97 Å². The van der Waals surface area contributed by atoms with E-state index in [0.717, 1.165) is 44.2 Å². The molecule has 18 heavy (non-hydrogen) atoms. The highest BCUT2D eigenvalue weighted by atomic mass is 16.4. The van der Waals surface area contributed by atoms with E-state index in [0.29, 0.717) is 0 Å². The summed E-state index contributed by atoms with van der Waals surface area (Å²) in [6.07, 6.45) is 4.76. The average molecular weight is 245 g/mol. The highest BCUT2D eigenvalue weighted by Crippen LogP contribution is 2.47. The number of hydrogen-bond donors (Lipinski definition) is 1. The maximum absolute atomic E-state index is 11.7. The van der Waals surface area contributed by atoms with Gasteiger partial charge in [-0.25, -0.2) is 0 Å². The molecular weight excluding hydrogens is 226 g/mol. The van der Waals surface area contributed by atoms with E-state index in [2.05, 4.69) is 18.0 Å². The van der Waals surface area contributed by atoms with Gasteiger partial charge in [-0.2, -0.15) is 0 Å². The number of fused-ring (bicyclic) bond motifs is 1. The van der Waals surface area contributed by atoms with Crippen LogP contribution in [0.1, 0.15) is 36.8 Å². The molecule has 0 amide bonds. The van der Waals surface area contributed by atoms with Gasteiger partial charge < -0.3 is 10.0 Å². The number of aliphatic carboxylic acids is 1. The van der Waals surface area contributed by atoms with Gasteiger partial charge in [-0.05, 0) is 42.9 Å². The van der Waals surface area contributed by atoms with Gasteiger partial charge in [-0.15, -0.1) is 0 Å². The monoisotopic (exact) mass is 245 g/mol. The van der Waals surface area contributed by atoms with Crippen LogP contribution < -0.4 is 4.90 Å². The fourth-order valence-electron chi connectivity index (χ4n) is 3.39. The summed E-state index contributed by atoms with van der Waals surface area (Å²) < 4.78 is 0. The van der Waals surface area contributed by atoms with E-state index in [1.165, 1.54) is 11.3 Å². The summed E-state index contributed by atoms with van der Waals surface area (Å²) in [5.41, 5.74) is 2.98. The van der Waals surface area contributed by atoms with Gasteiger partial charge in [0.25, 0.3) is 0 Å². The Bertz CT molecular complexity index is 491. The second-order valence-corrected chi connectivity index (χ2v) is 5.57. The first-order valence-electron chi connectivity index (χ1n) is 6.72. The van der Waals surface area contributed by atoms with Crippen LogP contribution in [-0.4, -0.2) is 24.7 Å². The van der Waals surface area contributed by atoms with Gasteiger partial charge in [0.05, 0.1) is 5.41 Å². The van der Waals surface area contributed by atoms with E-state index in [-0.39, 0.29) is 0 Å². The van der Waals surface area contributed by atoms with Crippen LogP contribution in [0, 0.1) is 0 Å². The Morgan fingerprint density at radius 3 is 2.72 bits per heavy atom. The fraction of sp³-hybridized carbons (Fsp3) is 0.533. The molecule has 3 heteroatoms. The van der Waals surface area contributed by atoms with Gasteiger partial charge in [0.15, 0.2) is 0 Å². The Morgan fingerprint density at radius 1 is 1.33 bits per heavy atom. The van der Waals surface area contributed by atoms with Crippen LogP contribution >= 0.6 is 0 Å². The number of carboxylic acid groups (broad SMARTS) is 1. The highest BCUT2D eigenvalue weighted by Gasteiger charge is 2.47. The van der Waals surface area contributed by atoms with E-state index in [9.17, 15) is 9.90 Å². The molecule has 2 aliphatic rings. The number of carboxylic acids is 1. The van der Waals surface area contributed by atoms with Crippen LogP contribution in [0.5, 0.6) is 0 Å². The van der Waals surface area contributed by atoms with E-state index in [1.807, 2.05) is 12.1 Å². The molecular formula is C15H19NO2. The lowest BCUT2D eigenvalue weighted by atomic mass is 9.62. The lowest BCUT2D eigenvalue weighted by Gasteiger charge is -2.41. The molecule has 3 rings (SSSR count). The molecule has 1 aliphatic carbocycles. The predicted molar refractivity (Wildman–Crippen MR) is 71.2 cm³/mol. The molecule has 0 aromatic heterocycles. The molecule has 1 aromatic rings. The Hall–Kier alpha value is -1.51. The molecule has 96 valence electrons. The van der Waals surface area contributed by atoms with Crippen molar-refractivity contribution in [2.75, 3.05) is 18.5 Å².